The Balaban J connectivity index is 2.01. The minimum absolute atomic E-state index is 0.112. The molecule has 0 aliphatic carbocycles. The van der Waals surface area contributed by atoms with E-state index < -0.39 is 0 Å². The zero-order valence-electron chi connectivity index (χ0n) is 9.54. The molecule has 0 unspecified atom stereocenters. The van der Waals surface area contributed by atoms with E-state index in [1.165, 1.54) is 4.68 Å². The van der Waals surface area contributed by atoms with E-state index in [4.69, 9.17) is 4.74 Å². The van der Waals surface area contributed by atoms with Gasteiger partial charge in [-0.2, -0.15) is 0 Å². The van der Waals surface area contributed by atoms with Crippen LogP contribution in [0.15, 0.2) is 36.5 Å². The highest BCUT2D eigenvalue weighted by Gasteiger charge is 2.05. The predicted molar refractivity (Wildman–Crippen MR) is 61.8 cm³/mol. The minimum Gasteiger partial charge on any atom is -0.436 e. The summed E-state index contributed by atoms with van der Waals surface area (Å²) in [6.07, 6.45) is 2.11. The van der Waals surface area contributed by atoms with Crippen molar-refractivity contribution in [1.82, 2.24) is 15.0 Å². The molecule has 0 aliphatic heterocycles. The van der Waals surface area contributed by atoms with Crippen molar-refractivity contribution in [2.45, 2.75) is 19.9 Å². The van der Waals surface area contributed by atoms with E-state index in [2.05, 4.69) is 10.3 Å². The molecule has 88 valence electrons. The first-order valence-electron chi connectivity index (χ1n) is 5.42. The third-order valence-corrected chi connectivity index (χ3v) is 2.22. The third kappa shape index (κ3) is 3.14. The summed E-state index contributed by atoms with van der Waals surface area (Å²) in [5.74, 6) is 1.20. The van der Waals surface area contributed by atoms with Crippen LogP contribution in [0, 0.1) is 0 Å². The van der Waals surface area contributed by atoms with E-state index >= 15 is 0 Å². The summed E-state index contributed by atoms with van der Waals surface area (Å²) in [6.45, 7) is 2.06. The zero-order valence-corrected chi connectivity index (χ0v) is 9.54. The van der Waals surface area contributed by atoms with E-state index in [9.17, 15) is 4.79 Å². The minimum atomic E-state index is 0.112. The summed E-state index contributed by atoms with van der Waals surface area (Å²) in [7, 11) is 0. The van der Waals surface area contributed by atoms with Crippen LogP contribution in [0.5, 0.6) is 11.6 Å². The highest BCUT2D eigenvalue weighted by atomic mass is 16.5. The van der Waals surface area contributed by atoms with E-state index in [1.54, 1.807) is 6.20 Å². The number of benzene rings is 1. The summed E-state index contributed by atoms with van der Waals surface area (Å²) >= 11 is 0. The maximum atomic E-state index is 11.2. The average molecular weight is 231 g/mol. The lowest BCUT2D eigenvalue weighted by atomic mass is 10.3. The fourth-order valence-corrected chi connectivity index (χ4v) is 1.31. The Bertz CT molecular complexity index is 493. The Hall–Kier alpha value is -2.17. The molecule has 0 radical (unpaired) electrons. The summed E-state index contributed by atoms with van der Waals surface area (Å²) in [5, 5.41) is 7.66. The van der Waals surface area contributed by atoms with Crippen molar-refractivity contribution in [2.75, 3.05) is 0 Å². The van der Waals surface area contributed by atoms with Crippen LogP contribution in [0.2, 0.25) is 0 Å². The number of hydrogen-bond donors (Lipinski definition) is 0. The van der Waals surface area contributed by atoms with Gasteiger partial charge in [0, 0.05) is 6.42 Å². The Labute approximate surface area is 99.0 Å². The number of rotatable bonds is 5. The summed E-state index contributed by atoms with van der Waals surface area (Å²) in [4.78, 5) is 11.2. The van der Waals surface area contributed by atoms with Gasteiger partial charge in [0.15, 0.2) is 5.78 Å². The first-order valence-corrected chi connectivity index (χ1v) is 5.42. The lowest BCUT2D eigenvalue weighted by Gasteiger charge is -1.99. The number of carbonyl (C=O) groups excluding carboxylic acids is 1. The number of nitrogens with zero attached hydrogens (tertiary/aromatic N) is 3. The molecule has 0 saturated carbocycles. The van der Waals surface area contributed by atoms with Gasteiger partial charge in [0.1, 0.15) is 12.3 Å². The number of hydrogen-bond acceptors (Lipinski definition) is 4. The number of Topliss-reactive ketones (excluding diaryl/α,β-unsaturated/α-hetero) is 1. The quantitative estimate of drug-likeness (QED) is 0.790. The molecule has 0 saturated heterocycles. The molecule has 0 amide bonds. The molecule has 0 bridgehead atoms. The van der Waals surface area contributed by atoms with Crippen molar-refractivity contribution in [2.24, 2.45) is 0 Å². The SMILES string of the molecule is CCC(=O)Cn1cc(Oc2ccccc2)nn1. The summed E-state index contributed by atoms with van der Waals surface area (Å²) in [6, 6.07) is 9.32. The molecule has 0 fully saturated rings. The first kappa shape index (κ1) is 11.3. The Morgan fingerprint density at radius 3 is 2.82 bits per heavy atom. The van der Waals surface area contributed by atoms with Gasteiger partial charge in [-0.05, 0) is 12.1 Å². The van der Waals surface area contributed by atoms with Gasteiger partial charge < -0.3 is 4.74 Å². The molecular weight excluding hydrogens is 218 g/mol. The van der Waals surface area contributed by atoms with Crippen molar-refractivity contribution in [3.05, 3.63) is 36.5 Å². The van der Waals surface area contributed by atoms with Crippen molar-refractivity contribution in [3.63, 3.8) is 0 Å². The molecule has 0 aliphatic rings. The van der Waals surface area contributed by atoms with Gasteiger partial charge in [-0.1, -0.05) is 35.4 Å². The monoisotopic (exact) mass is 231 g/mol. The normalized spacial score (nSPS) is 10.2. The Morgan fingerprint density at radius 2 is 2.12 bits per heavy atom. The molecule has 0 atom stereocenters. The van der Waals surface area contributed by atoms with Crippen molar-refractivity contribution >= 4 is 5.78 Å². The molecule has 2 aromatic rings. The highest BCUT2D eigenvalue weighted by Crippen LogP contribution is 2.17. The lowest BCUT2D eigenvalue weighted by molar-refractivity contribution is -0.119. The maximum Gasteiger partial charge on any atom is 0.258 e. The largest absolute Gasteiger partial charge is 0.436 e. The number of para-hydroxylation sites is 1. The standard InChI is InChI=1S/C12H13N3O2/c1-2-10(16)8-15-9-12(13-14-15)17-11-6-4-3-5-7-11/h3-7,9H,2,8H2,1H3. The van der Waals surface area contributed by atoms with Gasteiger partial charge in [0.05, 0.1) is 6.20 Å². The molecule has 0 spiro atoms. The van der Waals surface area contributed by atoms with Crippen LogP contribution in [0.3, 0.4) is 0 Å². The van der Waals surface area contributed by atoms with Crippen LogP contribution in [0.25, 0.3) is 0 Å². The molecular formula is C12H13N3O2. The van der Waals surface area contributed by atoms with Crippen LogP contribution >= 0.6 is 0 Å². The smallest absolute Gasteiger partial charge is 0.258 e. The van der Waals surface area contributed by atoms with Crippen LogP contribution in [0.4, 0.5) is 0 Å². The highest BCUT2D eigenvalue weighted by molar-refractivity contribution is 5.77. The molecule has 1 aromatic carbocycles. The second-order valence-electron chi connectivity index (χ2n) is 3.56. The molecule has 1 aromatic heterocycles. The van der Waals surface area contributed by atoms with E-state index in [1.807, 2.05) is 37.3 Å². The van der Waals surface area contributed by atoms with Crippen molar-refractivity contribution in [3.8, 4) is 11.6 Å². The molecule has 1 heterocycles. The lowest BCUT2D eigenvalue weighted by Crippen LogP contribution is -2.09. The first-order chi connectivity index (χ1) is 8.28. The number of carbonyl (C=O) groups is 1. The molecule has 2 rings (SSSR count). The van der Waals surface area contributed by atoms with Gasteiger partial charge >= 0.3 is 0 Å². The van der Waals surface area contributed by atoms with Gasteiger partial charge in [-0.25, -0.2) is 4.68 Å². The fraction of sp³-hybridized carbons (Fsp3) is 0.250. The maximum absolute atomic E-state index is 11.2. The molecule has 5 heteroatoms. The van der Waals surface area contributed by atoms with Crippen LogP contribution in [-0.2, 0) is 11.3 Å². The molecule has 5 nitrogen and oxygen atoms in total. The van der Waals surface area contributed by atoms with E-state index in [0.717, 1.165) is 0 Å². The summed E-state index contributed by atoms with van der Waals surface area (Å²) < 4.78 is 6.94. The van der Waals surface area contributed by atoms with Crippen LogP contribution in [0.1, 0.15) is 13.3 Å². The zero-order chi connectivity index (χ0) is 12.1. The van der Waals surface area contributed by atoms with Crippen molar-refractivity contribution < 1.29 is 9.53 Å². The van der Waals surface area contributed by atoms with Gasteiger partial charge in [0.2, 0.25) is 0 Å². The second kappa shape index (κ2) is 5.25. The predicted octanol–water partition coefficient (Wildman–Crippen LogP) is 2.05. The molecule has 17 heavy (non-hydrogen) atoms. The van der Waals surface area contributed by atoms with Crippen LogP contribution < -0.4 is 4.74 Å². The molecule has 0 N–H and O–H groups in total. The van der Waals surface area contributed by atoms with Gasteiger partial charge in [0.25, 0.3) is 5.88 Å². The Kier molecular flexibility index (Phi) is 3.49. The summed E-state index contributed by atoms with van der Waals surface area (Å²) in [5.41, 5.74) is 0. The Morgan fingerprint density at radius 1 is 1.35 bits per heavy atom. The second-order valence-corrected chi connectivity index (χ2v) is 3.56. The van der Waals surface area contributed by atoms with E-state index in [-0.39, 0.29) is 12.3 Å². The van der Waals surface area contributed by atoms with Crippen molar-refractivity contribution in [1.29, 1.82) is 0 Å². The fourth-order valence-electron chi connectivity index (χ4n) is 1.31. The number of ketones is 1. The van der Waals surface area contributed by atoms with Crippen LogP contribution in [-0.4, -0.2) is 20.8 Å². The number of aromatic nitrogens is 3. The van der Waals surface area contributed by atoms with Gasteiger partial charge in [-0.15, -0.1) is 0 Å². The third-order valence-electron chi connectivity index (χ3n) is 2.22. The van der Waals surface area contributed by atoms with Gasteiger partial charge in [-0.3, -0.25) is 4.79 Å². The average Bonchev–Trinajstić information content (AvgIpc) is 2.77. The number of ether oxygens (including phenoxy) is 1. The van der Waals surface area contributed by atoms with E-state index in [0.29, 0.717) is 18.1 Å². The topological polar surface area (TPSA) is 57.0 Å².